The largest absolute Gasteiger partial charge is 0.477 e. The van der Waals surface area contributed by atoms with Crippen molar-refractivity contribution >= 4 is 79.2 Å². The molecule has 0 fully saturated rings. The molecule has 0 saturated heterocycles. The van der Waals surface area contributed by atoms with E-state index in [2.05, 4.69) is 38.5 Å². The smallest absolute Gasteiger partial charge is 0.338 e. The first-order chi connectivity index (χ1) is 19.8. The fraction of sp³-hybridized carbons (Fsp3) is 0.133. The Labute approximate surface area is 266 Å². The second kappa shape index (κ2) is 12.7. The number of carbonyl (C=O) groups excluding carboxylic acids is 1. The maximum atomic E-state index is 14.1. The van der Waals surface area contributed by atoms with Crippen molar-refractivity contribution in [2.75, 3.05) is 13.2 Å². The number of nitriles is 1. The summed E-state index contributed by atoms with van der Waals surface area (Å²) in [5, 5.41) is 9.61. The van der Waals surface area contributed by atoms with E-state index in [1.54, 1.807) is 37.3 Å². The van der Waals surface area contributed by atoms with Crippen LogP contribution in [0.15, 0.2) is 86.6 Å². The van der Waals surface area contributed by atoms with Crippen LogP contribution in [0.1, 0.15) is 29.7 Å². The van der Waals surface area contributed by atoms with E-state index in [4.69, 9.17) is 31.3 Å². The number of hydrogen-bond acceptors (Lipinski definition) is 7. The lowest BCUT2D eigenvalue weighted by atomic mass is 9.93. The Morgan fingerprint density at radius 1 is 1.22 bits per heavy atom. The minimum absolute atomic E-state index is 0.139. The predicted octanol–water partition coefficient (Wildman–Crippen LogP) is 5.86. The third kappa shape index (κ3) is 6.04. The van der Waals surface area contributed by atoms with Gasteiger partial charge in [-0.15, -0.1) is 0 Å². The standard InChI is InChI=1S/C30H20BrClIN3O4S/c1-2-39-29(38)24-25(17-6-4-3-5-7-17)35-30-36(26(24)18-8-10-21(32)11-9-18)28(37)23(41-30)15-19-14-20(31)16-22(33)27(19)40-13-12-34/h3-11,14-16,26H,2,13H2,1H3/b23-15-/t26-/m1/s1. The topological polar surface area (TPSA) is 93.7 Å². The summed E-state index contributed by atoms with van der Waals surface area (Å²) >= 11 is 13.0. The van der Waals surface area contributed by atoms with Gasteiger partial charge in [0.2, 0.25) is 0 Å². The van der Waals surface area contributed by atoms with Crippen LogP contribution in [-0.2, 0) is 9.53 Å². The summed E-state index contributed by atoms with van der Waals surface area (Å²) in [5.41, 5.74) is 2.40. The van der Waals surface area contributed by atoms with E-state index in [-0.39, 0.29) is 24.3 Å². The van der Waals surface area contributed by atoms with Crippen LogP contribution in [0.5, 0.6) is 5.75 Å². The quantitative estimate of drug-likeness (QED) is 0.174. The van der Waals surface area contributed by atoms with Crippen LogP contribution in [-0.4, -0.2) is 23.8 Å². The molecule has 0 amide bonds. The van der Waals surface area contributed by atoms with Gasteiger partial charge in [0, 0.05) is 20.6 Å². The van der Waals surface area contributed by atoms with E-state index in [1.165, 1.54) is 15.9 Å². The molecule has 0 radical (unpaired) electrons. The summed E-state index contributed by atoms with van der Waals surface area (Å²) in [4.78, 5) is 32.9. The Bertz CT molecular complexity index is 1900. The van der Waals surface area contributed by atoms with Crippen LogP contribution in [0.3, 0.4) is 0 Å². The van der Waals surface area contributed by atoms with Crippen LogP contribution in [0.2, 0.25) is 5.02 Å². The SMILES string of the molecule is CCOC(=O)C1=C(c2ccccc2)N=c2s/c(=C\c3cc(Br)cc(I)c3OCC#N)c(=O)n2[C@@H]1c1ccc(Cl)cc1. The molecule has 5 rings (SSSR count). The zero-order chi connectivity index (χ0) is 29.1. The van der Waals surface area contributed by atoms with Crippen LogP contribution >= 0.6 is 61.5 Å². The highest BCUT2D eigenvalue weighted by Crippen LogP contribution is 2.36. The fourth-order valence-electron chi connectivity index (χ4n) is 4.49. The molecule has 0 spiro atoms. The number of thiazole rings is 1. The Balaban J connectivity index is 1.82. The maximum absolute atomic E-state index is 14.1. The minimum atomic E-state index is -0.808. The summed E-state index contributed by atoms with van der Waals surface area (Å²) in [6, 6.07) is 21.2. The molecule has 1 atom stereocenters. The minimum Gasteiger partial charge on any atom is -0.477 e. The van der Waals surface area contributed by atoms with Crippen molar-refractivity contribution in [3.8, 4) is 11.8 Å². The highest BCUT2D eigenvalue weighted by molar-refractivity contribution is 14.1. The van der Waals surface area contributed by atoms with Crippen molar-refractivity contribution < 1.29 is 14.3 Å². The van der Waals surface area contributed by atoms with Crippen LogP contribution in [0, 0.1) is 14.9 Å². The molecule has 206 valence electrons. The molecule has 1 aliphatic rings. The summed E-state index contributed by atoms with van der Waals surface area (Å²) in [6.07, 6.45) is 1.72. The third-order valence-electron chi connectivity index (χ3n) is 6.16. The Morgan fingerprint density at radius 3 is 2.63 bits per heavy atom. The van der Waals surface area contributed by atoms with Gasteiger partial charge >= 0.3 is 5.97 Å². The second-order valence-electron chi connectivity index (χ2n) is 8.74. The zero-order valence-corrected chi connectivity index (χ0v) is 26.8. The Kier molecular flexibility index (Phi) is 9.09. The lowest BCUT2D eigenvalue weighted by Crippen LogP contribution is -2.40. The third-order valence-corrected chi connectivity index (χ3v) is 8.66. The van der Waals surface area contributed by atoms with E-state index in [9.17, 15) is 9.59 Å². The molecule has 1 aromatic heterocycles. The molecule has 0 bridgehead atoms. The molecule has 0 N–H and O–H groups in total. The van der Waals surface area contributed by atoms with Gasteiger partial charge in [-0.05, 0) is 65.4 Å². The van der Waals surface area contributed by atoms with Gasteiger partial charge in [-0.3, -0.25) is 9.36 Å². The van der Waals surface area contributed by atoms with Crippen molar-refractivity contribution in [1.82, 2.24) is 4.57 Å². The second-order valence-corrected chi connectivity index (χ2v) is 12.3. The van der Waals surface area contributed by atoms with E-state index < -0.39 is 12.0 Å². The fourth-order valence-corrected chi connectivity index (χ4v) is 7.31. The molecule has 0 saturated carbocycles. The van der Waals surface area contributed by atoms with Crippen LogP contribution in [0.4, 0.5) is 0 Å². The lowest BCUT2D eigenvalue weighted by Gasteiger charge is -2.26. The number of esters is 1. The van der Waals surface area contributed by atoms with Crippen LogP contribution in [0.25, 0.3) is 11.8 Å². The van der Waals surface area contributed by atoms with Crippen LogP contribution < -0.4 is 19.6 Å². The molecule has 7 nitrogen and oxygen atoms in total. The average molecular weight is 761 g/mol. The van der Waals surface area contributed by atoms with Gasteiger partial charge in [-0.1, -0.05) is 81.3 Å². The van der Waals surface area contributed by atoms with E-state index in [0.717, 1.165) is 13.6 Å². The molecule has 41 heavy (non-hydrogen) atoms. The van der Waals surface area contributed by atoms with E-state index in [1.807, 2.05) is 48.5 Å². The number of halogens is 3. The maximum Gasteiger partial charge on any atom is 0.338 e. The normalized spacial score (nSPS) is 14.7. The molecule has 3 aromatic carbocycles. The van der Waals surface area contributed by atoms with Gasteiger partial charge in [0.05, 0.1) is 32.0 Å². The molecule has 4 aromatic rings. The number of ether oxygens (including phenoxy) is 2. The Hall–Kier alpha value is -3.24. The molecular formula is C30H20BrClIN3O4S. The monoisotopic (exact) mass is 759 g/mol. The van der Waals surface area contributed by atoms with E-state index >= 15 is 0 Å². The predicted molar refractivity (Wildman–Crippen MR) is 170 cm³/mol. The molecule has 0 aliphatic carbocycles. The average Bonchev–Trinajstić information content (AvgIpc) is 3.27. The van der Waals surface area contributed by atoms with Crippen molar-refractivity contribution in [3.05, 3.63) is 122 Å². The highest BCUT2D eigenvalue weighted by Gasteiger charge is 2.35. The van der Waals surface area contributed by atoms with Gasteiger partial charge < -0.3 is 9.47 Å². The number of benzene rings is 3. The summed E-state index contributed by atoms with van der Waals surface area (Å²) in [7, 11) is 0. The van der Waals surface area contributed by atoms with Crippen molar-refractivity contribution in [3.63, 3.8) is 0 Å². The molecule has 2 heterocycles. The molecule has 11 heteroatoms. The van der Waals surface area contributed by atoms with Crippen molar-refractivity contribution in [2.45, 2.75) is 13.0 Å². The first-order valence-corrected chi connectivity index (χ1v) is 15.4. The van der Waals surface area contributed by atoms with Gasteiger partial charge in [0.25, 0.3) is 5.56 Å². The molecular weight excluding hydrogens is 741 g/mol. The summed E-state index contributed by atoms with van der Waals surface area (Å²) < 4.78 is 14.7. The van der Waals surface area contributed by atoms with Gasteiger partial charge in [-0.25, -0.2) is 9.79 Å². The first kappa shape index (κ1) is 29.3. The number of hydrogen-bond donors (Lipinski definition) is 0. The van der Waals surface area contributed by atoms with Gasteiger partial charge in [0.15, 0.2) is 11.4 Å². The van der Waals surface area contributed by atoms with Crippen molar-refractivity contribution in [2.24, 2.45) is 4.99 Å². The number of fused-ring (bicyclic) bond motifs is 1. The molecule has 0 unspecified atom stereocenters. The number of nitrogens with zero attached hydrogens (tertiary/aromatic N) is 3. The summed E-state index contributed by atoms with van der Waals surface area (Å²) in [6.45, 7) is 1.76. The zero-order valence-electron chi connectivity index (χ0n) is 21.4. The van der Waals surface area contributed by atoms with Crippen molar-refractivity contribution in [1.29, 1.82) is 5.26 Å². The Morgan fingerprint density at radius 2 is 1.95 bits per heavy atom. The number of carbonyl (C=O) groups is 1. The first-order valence-electron chi connectivity index (χ1n) is 12.3. The lowest BCUT2D eigenvalue weighted by molar-refractivity contribution is -0.138. The number of aromatic nitrogens is 1. The number of rotatable bonds is 7. The van der Waals surface area contributed by atoms with Gasteiger partial charge in [-0.2, -0.15) is 5.26 Å². The molecule has 1 aliphatic heterocycles. The summed E-state index contributed by atoms with van der Waals surface area (Å²) in [5.74, 6) is -0.0642. The van der Waals surface area contributed by atoms with Gasteiger partial charge in [0.1, 0.15) is 11.8 Å². The highest BCUT2D eigenvalue weighted by atomic mass is 127. The van der Waals surface area contributed by atoms with E-state index in [0.29, 0.717) is 36.9 Å².